The van der Waals surface area contributed by atoms with Crippen molar-refractivity contribution in [1.82, 2.24) is 24.7 Å². The summed E-state index contributed by atoms with van der Waals surface area (Å²) >= 11 is 3.38. The summed E-state index contributed by atoms with van der Waals surface area (Å²) in [5.41, 5.74) is 3.11. The van der Waals surface area contributed by atoms with Gasteiger partial charge in [-0.2, -0.15) is 0 Å². The van der Waals surface area contributed by atoms with Crippen molar-refractivity contribution < 1.29 is 0 Å². The van der Waals surface area contributed by atoms with E-state index in [1.165, 1.54) is 5.56 Å². The van der Waals surface area contributed by atoms with E-state index in [0.717, 1.165) is 22.5 Å². The molecule has 3 aromatic rings. The number of fused-ring (bicyclic) bond motifs is 1. The first kappa shape index (κ1) is 13.2. The normalized spacial score (nSPS) is 12.7. The van der Waals surface area contributed by atoms with Crippen LogP contribution in [0.2, 0.25) is 0 Å². The highest BCUT2D eigenvalue weighted by Gasteiger charge is 2.08. The monoisotopic (exact) mass is 331 g/mol. The SMILES string of the molecule is CC(NCc1cnc2cnc(Br)cn12)c1cccnc1. The first-order valence-electron chi connectivity index (χ1n) is 6.35. The molecule has 0 aliphatic rings. The largest absolute Gasteiger partial charge is 0.305 e. The van der Waals surface area contributed by atoms with Gasteiger partial charge in [-0.15, -0.1) is 0 Å². The number of aromatic nitrogens is 4. The van der Waals surface area contributed by atoms with Crippen LogP contribution in [0.1, 0.15) is 24.2 Å². The van der Waals surface area contributed by atoms with E-state index in [9.17, 15) is 0 Å². The summed E-state index contributed by atoms with van der Waals surface area (Å²) in [6.07, 6.45) is 9.20. The van der Waals surface area contributed by atoms with Crippen LogP contribution in [0, 0.1) is 0 Å². The van der Waals surface area contributed by atoms with Crippen molar-refractivity contribution in [3.8, 4) is 0 Å². The Balaban J connectivity index is 1.75. The van der Waals surface area contributed by atoms with E-state index in [4.69, 9.17) is 0 Å². The molecule has 0 aromatic carbocycles. The van der Waals surface area contributed by atoms with Gasteiger partial charge in [0.25, 0.3) is 0 Å². The minimum atomic E-state index is 0.236. The average molecular weight is 332 g/mol. The van der Waals surface area contributed by atoms with Crippen molar-refractivity contribution in [2.45, 2.75) is 19.5 Å². The van der Waals surface area contributed by atoms with Gasteiger partial charge < -0.3 is 5.32 Å². The van der Waals surface area contributed by atoms with Crippen molar-refractivity contribution in [3.63, 3.8) is 0 Å². The van der Waals surface area contributed by atoms with E-state index in [1.54, 1.807) is 12.4 Å². The van der Waals surface area contributed by atoms with Crippen molar-refractivity contribution >= 4 is 21.6 Å². The number of rotatable bonds is 4. The summed E-state index contributed by atoms with van der Waals surface area (Å²) in [6, 6.07) is 4.25. The maximum atomic E-state index is 4.34. The van der Waals surface area contributed by atoms with Gasteiger partial charge in [-0.05, 0) is 34.5 Å². The molecule has 6 heteroatoms. The topological polar surface area (TPSA) is 55.1 Å². The molecule has 0 bridgehead atoms. The van der Waals surface area contributed by atoms with Gasteiger partial charge in [0, 0.05) is 31.2 Å². The lowest BCUT2D eigenvalue weighted by Gasteiger charge is -2.13. The highest BCUT2D eigenvalue weighted by Crippen LogP contribution is 2.13. The highest BCUT2D eigenvalue weighted by molar-refractivity contribution is 9.10. The fourth-order valence-electron chi connectivity index (χ4n) is 2.05. The highest BCUT2D eigenvalue weighted by atomic mass is 79.9. The first-order valence-corrected chi connectivity index (χ1v) is 7.14. The molecule has 3 heterocycles. The maximum absolute atomic E-state index is 4.34. The van der Waals surface area contributed by atoms with Gasteiger partial charge in [0.05, 0.1) is 18.1 Å². The Morgan fingerprint density at radius 2 is 2.20 bits per heavy atom. The number of hydrogen-bond donors (Lipinski definition) is 1. The standard InChI is InChI=1S/C14H14BrN5/c1-10(11-3-2-4-16-5-11)17-6-12-7-19-14-8-18-13(15)9-20(12)14/h2-5,7-10,17H,6H2,1H3. The number of pyridine rings is 1. The summed E-state index contributed by atoms with van der Waals surface area (Å²) in [5, 5.41) is 3.48. The average Bonchev–Trinajstić information content (AvgIpc) is 2.88. The van der Waals surface area contributed by atoms with E-state index in [-0.39, 0.29) is 6.04 Å². The summed E-state index contributed by atoms with van der Waals surface area (Å²) in [7, 11) is 0. The van der Waals surface area contributed by atoms with Crippen LogP contribution < -0.4 is 5.32 Å². The van der Waals surface area contributed by atoms with E-state index in [0.29, 0.717) is 0 Å². The maximum Gasteiger partial charge on any atom is 0.155 e. The lowest BCUT2D eigenvalue weighted by atomic mass is 10.1. The molecule has 0 aliphatic heterocycles. The zero-order valence-electron chi connectivity index (χ0n) is 11.0. The molecular formula is C14H14BrN5. The summed E-state index contributed by atoms with van der Waals surface area (Å²) in [6.45, 7) is 2.85. The molecule has 0 amide bonds. The van der Waals surface area contributed by atoms with Crippen LogP contribution in [-0.2, 0) is 6.54 Å². The van der Waals surface area contributed by atoms with Crippen LogP contribution in [0.3, 0.4) is 0 Å². The van der Waals surface area contributed by atoms with E-state index in [1.807, 2.05) is 29.1 Å². The zero-order valence-corrected chi connectivity index (χ0v) is 12.6. The molecule has 0 saturated heterocycles. The van der Waals surface area contributed by atoms with Gasteiger partial charge in [-0.1, -0.05) is 6.07 Å². The van der Waals surface area contributed by atoms with Crippen molar-refractivity contribution in [1.29, 1.82) is 0 Å². The molecule has 1 atom stereocenters. The second kappa shape index (κ2) is 5.68. The van der Waals surface area contributed by atoms with E-state index >= 15 is 0 Å². The van der Waals surface area contributed by atoms with Crippen LogP contribution in [0.4, 0.5) is 0 Å². The Morgan fingerprint density at radius 1 is 1.30 bits per heavy atom. The molecule has 0 radical (unpaired) electrons. The Labute approximate surface area is 125 Å². The van der Waals surface area contributed by atoms with Crippen molar-refractivity contribution in [3.05, 3.63) is 59.0 Å². The molecule has 1 N–H and O–H groups in total. The molecule has 3 rings (SSSR count). The lowest BCUT2D eigenvalue weighted by molar-refractivity contribution is 0.564. The molecule has 5 nitrogen and oxygen atoms in total. The second-order valence-electron chi connectivity index (χ2n) is 4.58. The van der Waals surface area contributed by atoms with Gasteiger partial charge >= 0.3 is 0 Å². The molecule has 20 heavy (non-hydrogen) atoms. The minimum absolute atomic E-state index is 0.236. The molecule has 0 aliphatic carbocycles. The molecule has 1 unspecified atom stereocenters. The van der Waals surface area contributed by atoms with Crippen LogP contribution in [-0.4, -0.2) is 19.4 Å². The van der Waals surface area contributed by atoms with Crippen molar-refractivity contribution in [2.24, 2.45) is 0 Å². The number of nitrogens with one attached hydrogen (secondary N) is 1. The fourth-order valence-corrected chi connectivity index (χ4v) is 2.36. The van der Waals surface area contributed by atoms with Gasteiger partial charge in [0.2, 0.25) is 0 Å². The Hall–Kier alpha value is -1.79. The second-order valence-corrected chi connectivity index (χ2v) is 5.39. The third kappa shape index (κ3) is 2.71. The quantitative estimate of drug-likeness (QED) is 0.798. The summed E-state index contributed by atoms with van der Waals surface area (Å²) < 4.78 is 2.82. The minimum Gasteiger partial charge on any atom is -0.305 e. The third-order valence-electron chi connectivity index (χ3n) is 3.21. The molecule has 0 fully saturated rings. The lowest BCUT2D eigenvalue weighted by Crippen LogP contribution is -2.19. The molecule has 0 spiro atoms. The summed E-state index contributed by atoms with van der Waals surface area (Å²) in [5.74, 6) is 0. The zero-order chi connectivity index (χ0) is 13.9. The molecule has 102 valence electrons. The Kier molecular flexibility index (Phi) is 3.75. The predicted molar refractivity (Wildman–Crippen MR) is 80.2 cm³/mol. The van der Waals surface area contributed by atoms with Crippen LogP contribution in [0.5, 0.6) is 0 Å². The summed E-state index contributed by atoms with van der Waals surface area (Å²) in [4.78, 5) is 12.6. The number of nitrogens with zero attached hydrogens (tertiary/aromatic N) is 4. The van der Waals surface area contributed by atoms with Gasteiger partial charge in [-0.25, -0.2) is 9.97 Å². The predicted octanol–water partition coefficient (Wildman–Crippen LogP) is 2.74. The molecule has 0 saturated carbocycles. The Bertz CT molecular complexity index is 710. The number of halogens is 1. The number of hydrogen-bond acceptors (Lipinski definition) is 4. The van der Waals surface area contributed by atoms with Gasteiger partial charge in [-0.3, -0.25) is 9.38 Å². The fraction of sp³-hybridized carbons (Fsp3) is 0.214. The molecule has 3 aromatic heterocycles. The van der Waals surface area contributed by atoms with Gasteiger partial charge in [0.1, 0.15) is 4.60 Å². The number of imidazole rings is 1. The smallest absolute Gasteiger partial charge is 0.155 e. The van der Waals surface area contributed by atoms with Crippen molar-refractivity contribution in [2.75, 3.05) is 0 Å². The van der Waals surface area contributed by atoms with Crippen LogP contribution >= 0.6 is 15.9 Å². The van der Waals surface area contributed by atoms with E-state index < -0.39 is 0 Å². The van der Waals surface area contributed by atoms with E-state index in [2.05, 4.69) is 49.2 Å². The van der Waals surface area contributed by atoms with Crippen LogP contribution in [0.15, 0.2) is 47.7 Å². The third-order valence-corrected chi connectivity index (χ3v) is 3.62. The first-order chi connectivity index (χ1) is 9.74. The molecular weight excluding hydrogens is 318 g/mol. The Morgan fingerprint density at radius 3 is 3.00 bits per heavy atom. The van der Waals surface area contributed by atoms with Crippen LogP contribution in [0.25, 0.3) is 5.65 Å². The van der Waals surface area contributed by atoms with Gasteiger partial charge in [0.15, 0.2) is 5.65 Å².